The normalized spacial score (nSPS) is 24.0. The molecule has 1 fully saturated rings. The molecule has 6 heteroatoms. The summed E-state index contributed by atoms with van der Waals surface area (Å²) in [5.74, 6) is -2.56. The maximum absolute atomic E-state index is 12.7. The second-order valence-corrected chi connectivity index (χ2v) is 7.81. The van der Waals surface area contributed by atoms with Crippen molar-refractivity contribution in [3.05, 3.63) is 65.2 Å². The van der Waals surface area contributed by atoms with Crippen LogP contribution in [0.3, 0.4) is 0 Å². The van der Waals surface area contributed by atoms with Crippen LogP contribution in [0, 0.1) is 5.92 Å². The summed E-state index contributed by atoms with van der Waals surface area (Å²) in [7, 11) is -3.68. The minimum atomic E-state index is -3.68. The lowest BCUT2D eigenvalue weighted by molar-refractivity contribution is -0.138. The van der Waals surface area contributed by atoms with Crippen molar-refractivity contribution in [3.63, 3.8) is 0 Å². The molecule has 0 unspecified atom stereocenters. The molecule has 0 aliphatic heterocycles. The Morgan fingerprint density at radius 2 is 1.59 bits per heavy atom. The predicted octanol–water partition coefficient (Wildman–Crippen LogP) is 2.98. The van der Waals surface area contributed by atoms with E-state index in [1.165, 1.54) is 12.1 Å². The smallest absolute Gasteiger partial charge is 0.308 e. The highest BCUT2D eigenvalue weighted by Crippen LogP contribution is 2.54. The molecule has 0 bridgehead atoms. The van der Waals surface area contributed by atoms with Crippen molar-refractivity contribution >= 4 is 27.4 Å². The third-order valence-corrected chi connectivity index (χ3v) is 6.41. The SMILES string of the molecule is O=C(O)[C@H]1[C@H](c2ccc(Cl)cc2)[C@@H]1S(=O)(=O)c1ccccc1. The fourth-order valence-corrected chi connectivity index (χ4v) is 5.08. The molecule has 22 heavy (non-hydrogen) atoms. The number of carboxylic acids is 1. The molecular formula is C16H13ClO4S. The molecule has 1 aliphatic rings. The van der Waals surface area contributed by atoms with E-state index in [0.29, 0.717) is 10.6 Å². The van der Waals surface area contributed by atoms with Gasteiger partial charge in [0.05, 0.1) is 16.1 Å². The molecule has 1 N–H and O–H groups in total. The van der Waals surface area contributed by atoms with Gasteiger partial charge < -0.3 is 5.11 Å². The van der Waals surface area contributed by atoms with E-state index in [1.54, 1.807) is 42.5 Å². The number of aliphatic carboxylic acids is 1. The van der Waals surface area contributed by atoms with Crippen LogP contribution in [0.4, 0.5) is 0 Å². The second-order valence-electron chi connectivity index (χ2n) is 5.26. The van der Waals surface area contributed by atoms with E-state index >= 15 is 0 Å². The average molecular weight is 337 g/mol. The molecule has 1 aliphatic carbocycles. The first-order valence-electron chi connectivity index (χ1n) is 6.70. The summed E-state index contributed by atoms with van der Waals surface area (Å²) < 4.78 is 25.3. The fraction of sp³-hybridized carbons (Fsp3) is 0.188. The number of sulfone groups is 1. The molecule has 4 nitrogen and oxygen atoms in total. The lowest BCUT2D eigenvalue weighted by Crippen LogP contribution is -2.13. The van der Waals surface area contributed by atoms with Crippen LogP contribution in [-0.2, 0) is 14.6 Å². The van der Waals surface area contributed by atoms with Gasteiger partial charge in [-0.05, 0) is 29.8 Å². The quantitative estimate of drug-likeness (QED) is 0.931. The van der Waals surface area contributed by atoms with Gasteiger partial charge in [-0.15, -0.1) is 0 Å². The molecule has 114 valence electrons. The maximum Gasteiger partial charge on any atom is 0.308 e. The highest BCUT2D eigenvalue weighted by molar-refractivity contribution is 7.92. The first kappa shape index (κ1) is 15.1. The minimum absolute atomic E-state index is 0.155. The third-order valence-electron chi connectivity index (χ3n) is 3.92. The summed E-state index contributed by atoms with van der Waals surface area (Å²) in [6.45, 7) is 0. The molecule has 0 saturated heterocycles. The lowest BCUT2D eigenvalue weighted by Gasteiger charge is -2.04. The Labute approximate surface area is 133 Å². The predicted molar refractivity (Wildman–Crippen MR) is 82.7 cm³/mol. The highest BCUT2D eigenvalue weighted by Gasteiger charge is 2.63. The first-order valence-corrected chi connectivity index (χ1v) is 8.62. The molecule has 1 saturated carbocycles. The number of rotatable bonds is 4. The molecule has 2 aromatic carbocycles. The van der Waals surface area contributed by atoms with Crippen LogP contribution in [0.25, 0.3) is 0 Å². The minimum Gasteiger partial charge on any atom is -0.481 e. The molecule has 0 spiro atoms. The van der Waals surface area contributed by atoms with E-state index < -0.39 is 32.9 Å². The number of halogens is 1. The largest absolute Gasteiger partial charge is 0.481 e. The Morgan fingerprint density at radius 1 is 1.00 bits per heavy atom. The molecule has 0 heterocycles. The van der Waals surface area contributed by atoms with Crippen molar-refractivity contribution in [1.29, 1.82) is 0 Å². The molecule has 0 radical (unpaired) electrons. The molecule has 2 aromatic rings. The van der Waals surface area contributed by atoms with E-state index in [0.717, 1.165) is 0 Å². The summed E-state index contributed by atoms with van der Waals surface area (Å²) >= 11 is 5.82. The van der Waals surface area contributed by atoms with Crippen molar-refractivity contribution in [2.75, 3.05) is 0 Å². The molecule has 3 atom stereocenters. The van der Waals surface area contributed by atoms with E-state index in [4.69, 9.17) is 11.6 Å². The zero-order chi connectivity index (χ0) is 15.9. The summed E-state index contributed by atoms with van der Waals surface area (Å²) in [5, 5.41) is 8.92. The number of carbonyl (C=O) groups is 1. The van der Waals surface area contributed by atoms with Crippen LogP contribution in [0.5, 0.6) is 0 Å². The lowest BCUT2D eigenvalue weighted by atomic mass is 10.1. The summed E-state index contributed by atoms with van der Waals surface area (Å²) in [6.07, 6.45) is 0. The average Bonchev–Trinajstić information content (AvgIpc) is 3.25. The summed E-state index contributed by atoms with van der Waals surface area (Å²) in [4.78, 5) is 11.6. The van der Waals surface area contributed by atoms with Crippen LogP contribution in [0.1, 0.15) is 11.5 Å². The number of carboxylic acid groups (broad SMARTS) is 1. The zero-order valence-corrected chi connectivity index (χ0v) is 13.0. The van der Waals surface area contributed by atoms with Crippen molar-refractivity contribution < 1.29 is 18.3 Å². The van der Waals surface area contributed by atoms with E-state index in [9.17, 15) is 18.3 Å². The Kier molecular flexibility index (Phi) is 3.70. The van der Waals surface area contributed by atoms with Crippen molar-refractivity contribution in [2.45, 2.75) is 16.1 Å². The van der Waals surface area contributed by atoms with E-state index in [2.05, 4.69) is 0 Å². The number of hydrogen-bond acceptors (Lipinski definition) is 3. The van der Waals surface area contributed by atoms with Crippen LogP contribution < -0.4 is 0 Å². The molecule has 0 aromatic heterocycles. The van der Waals surface area contributed by atoms with E-state index in [-0.39, 0.29) is 4.90 Å². The van der Waals surface area contributed by atoms with Crippen molar-refractivity contribution in [1.82, 2.24) is 0 Å². The van der Waals surface area contributed by atoms with Crippen LogP contribution in [-0.4, -0.2) is 24.7 Å². The van der Waals surface area contributed by atoms with Crippen LogP contribution >= 0.6 is 11.6 Å². The number of benzene rings is 2. The molecule has 0 amide bonds. The summed E-state index contributed by atoms with van der Waals surface area (Å²) in [5.41, 5.74) is 0.682. The zero-order valence-electron chi connectivity index (χ0n) is 11.4. The monoisotopic (exact) mass is 336 g/mol. The van der Waals surface area contributed by atoms with Gasteiger partial charge in [-0.2, -0.15) is 0 Å². The third kappa shape index (κ3) is 2.51. The van der Waals surface area contributed by atoms with Crippen LogP contribution in [0.15, 0.2) is 59.5 Å². The maximum atomic E-state index is 12.7. The molecule has 3 rings (SSSR count). The first-order chi connectivity index (χ1) is 10.4. The van der Waals surface area contributed by atoms with Gasteiger partial charge in [-0.1, -0.05) is 41.9 Å². The van der Waals surface area contributed by atoms with Crippen molar-refractivity contribution in [2.24, 2.45) is 5.92 Å². The van der Waals surface area contributed by atoms with Gasteiger partial charge in [-0.25, -0.2) is 8.42 Å². The van der Waals surface area contributed by atoms with Gasteiger partial charge in [0.25, 0.3) is 0 Å². The van der Waals surface area contributed by atoms with Crippen molar-refractivity contribution in [3.8, 4) is 0 Å². The van der Waals surface area contributed by atoms with Gasteiger partial charge in [0, 0.05) is 10.9 Å². The standard InChI is InChI=1S/C16H13ClO4S/c17-11-8-6-10(7-9-11)13-14(16(18)19)15(13)22(20,21)12-4-2-1-3-5-12/h1-9,13-15H,(H,18,19)/t13-,14-,15-/m0/s1. The Balaban J connectivity index is 1.99. The van der Waals surface area contributed by atoms with Gasteiger partial charge in [0.2, 0.25) is 0 Å². The topological polar surface area (TPSA) is 71.4 Å². The number of hydrogen-bond donors (Lipinski definition) is 1. The van der Waals surface area contributed by atoms with Gasteiger partial charge in [0.1, 0.15) is 0 Å². The van der Waals surface area contributed by atoms with Gasteiger partial charge in [-0.3, -0.25) is 4.79 Å². The fourth-order valence-electron chi connectivity index (χ4n) is 2.81. The van der Waals surface area contributed by atoms with Crippen LogP contribution in [0.2, 0.25) is 5.02 Å². The highest BCUT2D eigenvalue weighted by atomic mass is 35.5. The van der Waals surface area contributed by atoms with Gasteiger partial charge in [0.15, 0.2) is 9.84 Å². The summed E-state index contributed by atoms with van der Waals surface area (Å²) in [6, 6.07) is 14.6. The van der Waals surface area contributed by atoms with Gasteiger partial charge >= 0.3 is 5.97 Å². The second kappa shape index (κ2) is 5.41. The Morgan fingerprint density at radius 3 is 2.14 bits per heavy atom. The Bertz CT molecular complexity index is 800. The Hall–Kier alpha value is -1.85. The van der Waals surface area contributed by atoms with E-state index in [1.807, 2.05) is 0 Å². The molecular weight excluding hydrogens is 324 g/mol.